The number of carbonyl (C=O) groups excluding carboxylic acids is 2. The van der Waals surface area contributed by atoms with Gasteiger partial charge in [-0.25, -0.2) is 4.98 Å². The Morgan fingerprint density at radius 1 is 1.28 bits per heavy atom. The monoisotopic (exact) mass is 411 g/mol. The van der Waals surface area contributed by atoms with Gasteiger partial charge in [0.15, 0.2) is 0 Å². The predicted octanol–water partition coefficient (Wildman–Crippen LogP) is 3.57. The van der Waals surface area contributed by atoms with E-state index in [0.29, 0.717) is 39.3 Å². The van der Waals surface area contributed by atoms with Gasteiger partial charge in [0.05, 0.1) is 22.0 Å². The molecule has 2 aromatic heterocycles. The average molecular weight is 412 g/mol. The summed E-state index contributed by atoms with van der Waals surface area (Å²) in [6.07, 6.45) is 1.60. The van der Waals surface area contributed by atoms with E-state index in [1.165, 1.54) is 4.90 Å². The number of hydrogen-bond donors (Lipinski definition) is 1. The lowest BCUT2D eigenvalue weighted by Gasteiger charge is -2.15. The van der Waals surface area contributed by atoms with Crippen molar-refractivity contribution >= 4 is 34.8 Å². The van der Waals surface area contributed by atoms with Crippen molar-refractivity contribution in [2.24, 2.45) is 0 Å². The van der Waals surface area contributed by atoms with Gasteiger partial charge in [-0.3, -0.25) is 14.3 Å². The molecular weight excluding hydrogens is 394 g/mol. The summed E-state index contributed by atoms with van der Waals surface area (Å²) in [6, 6.07) is 8.39. The summed E-state index contributed by atoms with van der Waals surface area (Å²) in [5.41, 5.74) is 2.77. The molecule has 8 nitrogen and oxygen atoms in total. The lowest BCUT2D eigenvalue weighted by atomic mass is 10.1. The first-order valence-corrected chi connectivity index (χ1v) is 9.27. The van der Waals surface area contributed by atoms with Crippen LogP contribution in [0.3, 0.4) is 0 Å². The Bertz CT molecular complexity index is 1140. The van der Waals surface area contributed by atoms with Gasteiger partial charge < -0.3 is 15.0 Å². The first-order valence-electron chi connectivity index (χ1n) is 8.89. The third-order valence-corrected chi connectivity index (χ3v) is 5.25. The molecule has 3 heterocycles. The van der Waals surface area contributed by atoms with Crippen molar-refractivity contribution in [3.8, 4) is 11.6 Å². The van der Waals surface area contributed by atoms with Gasteiger partial charge in [0.2, 0.25) is 11.8 Å². The quantitative estimate of drug-likeness (QED) is 0.711. The fourth-order valence-corrected chi connectivity index (χ4v) is 3.28. The van der Waals surface area contributed by atoms with Crippen molar-refractivity contribution in [1.82, 2.24) is 14.8 Å². The van der Waals surface area contributed by atoms with Crippen LogP contribution in [0, 0.1) is 13.8 Å². The van der Waals surface area contributed by atoms with E-state index in [9.17, 15) is 9.59 Å². The number of pyridine rings is 1. The summed E-state index contributed by atoms with van der Waals surface area (Å²) in [5, 5.41) is 7.59. The van der Waals surface area contributed by atoms with E-state index < -0.39 is 0 Å². The Morgan fingerprint density at radius 3 is 2.79 bits per heavy atom. The molecule has 1 aliphatic heterocycles. The highest BCUT2D eigenvalue weighted by molar-refractivity contribution is 6.31. The summed E-state index contributed by atoms with van der Waals surface area (Å²) < 4.78 is 7.36. The number of hydrogen-bond acceptors (Lipinski definition) is 5. The van der Waals surface area contributed by atoms with E-state index >= 15 is 0 Å². The number of aryl methyl sites for hydroxylation is 1. The van der Waals surface area contributed by atoms with Crippen LogP contribution in [-0.2, 0) is 11.3 Å². The lowest BCUT2D eigenvalue weighted by molar-refractivity contribution is -0.116. The van der Waals surface area contributed by atoms with Crippen LogP contribution in [0.25, 0.3) is 0 Å². The average Bonchev–Trinajstić information content (AvgIpc) is 2.88. The second kappa shape index (κ2) is 7.21. The van der Waals surface area contributed by atoms with Crippen LogP contribution in [-0.4, -0.2) is 33.6 Å². The molecule has 2 amide bonds. The minimum Gasteiger partial charge on any atom is -0.436 e. The van der Waals surface area contributed by atoms with Crippen molar-refractivity contribution in [3.63, 3.8) is 0 Å². The zero-order chi connectivity index (χ0) is 20.7. The molecule has 0 unspecified atom stereocenters. The van der Waals surface area contributed by atoms with Crippen LogP contribution in [0.4, 0.5) is 11.4 Å². The van der Waals surface area contributed by atoms with Gasteiger partial charge in [0.1, 0.15) is 18.0 Å². The van der Waals surface area contributed by atoms with Crippen LogP contribution < -0.4 is 15.0 Å². The number of ether oxygens (including phenoxy) is 1. The number of anilines is 2. The second-order valence-corrected chi connectivity index (χ2v) is 7.07. The van der Waals surface area contributed by atoms with Gasteiger partial charge in [-0.15, -0.1) is 0 Å². The summed E-state index contributed by atoms with van der Waals surface area (Å²) in [6.45, 7) is 3.59. The highest BCUT2D eigenvalue weighted by atomic mass is 35.5. The summed E-state index contributed by atoms with van der Waals surface area (Å²) in [7, 11) is 1.65. The Hall–Kier alpha value is -3.39. The highest BCUT2D eigenvalue weighted by Crippen LogP contribution is 2.37. The minimum absolute atomic E-state index is 0.0101. The Labute approximate surface area is 172 Å². The normalized spacial score (nSPS) is 12.7. The van der Waals surface area contributed by atoms with E-state index in [4.69, 9.17) is 16.3 Å². The topological polar surface area (TPSA) is 89.4 Å². The zero-order valence-electron chi connectivity index (χ0n) is 16.1. The molecule has 0 fully saturated rings. The number of rotatable bonds is 3. The van der Waals surface area contributed by atoms with Crippen LogP contribution in [0.2, 0.25) is 5.02 Å². The zero-order valence-corrected chi connectivity index (χ0v) is 16.8. The second-order valence-electron chi connectivity index (χ2n) is 6.70. The molecule has 3 aromatic rings. The molecule has 1 N–H and O–H groups in total. The van der Waals surface area contributed by atoms with E-state index in [1.807, 2.05) is 0 Å². The number of carbonyl (C=O) groups is 2. The maximum atomic E-state index is 12.9. The number of aromatic nitrogens is 3. The fraction of sp³-hybridized carbons (Fsp3) is 0.200. The maximum absolute atomic E-state index is 12.9. The number of fused-ring (bicyclic) bond motifs is 2. The van der Waals surface area contributed by atoms with Gasteiger partial charge in [0, 0.05) is 18.9 Å². The molecule has 1 aliphatic rings. The van der Waals surface area contributed by atoms with Crippen LogP contribution in [0.5, 0.6) is 11.6 Å². The maximum Gasteiger partial charge on any atom is 0.262 e. The molecule has 0 atom stereocenters. The van der Waals surface area contributed by atoms with Crippen LogP contribution >= 0.6 is 11.6 Å². The molecule has 9 heteroatoms. The summed E-state index contributed by atoms with van der Waals surface area (Å²) in [5.74, 6) is 0.184. The number of benzene rings is 1. The Balaban J connectivity index is 1.58. The van der Waals surface area contributed by atoms with Crippen molar-refractivity contribution in [3.05, 3.63) is 58.5 Å². The third kappa shape index (κ3) is 3.42. The summed E-state index contributed by atoms with van der Waals surface area (Å²) >= 11 is 6.13. The fourth-order valence-electron chi connectivity index (χ4n) is 3.14. The molecule has 0 saturated heterocycles. The van der Waals surface area contributed by atoms with Crippen LogP contribution in [0.1, 0.15) is 21.7 Å². The van der Waals surface area contributed by atoms with Gasteiger partial charge >= 0.3 is 0 Å². The predicted molar refractivity (Wildman–Crippen MR) is 109 cm³/mol. The molecule has 0 aliphatic carbocycles. The van der Waals surface area contributed by atoms with E-state index in [0.717, 1.165) is 5.69 Å². The summed E-state index contributed by atoms with van der Waals surface area (Å²) in [4.78, 5) is 31.0. The standard InChI is InChI=1S/C20H18ClN5O3/c1-11-18(21)12(2)26(24-11)10-17(27)23-13-6-7-16-14(9-13)20(28)25(3)15-5-4-8-22-19(15)29-16/h4-9H,10H2,1-3H3,(H,23,27). The van der Waals surface area contributed by atoms with Crippen LogP contribution in [0.15, 0.2) is 36.5 Å². The van der Waals surface area contributed by atoms with Crippen molar-refractivity contribution in [1.29, 1.82) is 0 Å². The number of nitrogens with one attached hydrogen (secondary N) is 1. The molecule has 4 rings (SSSR count). The number of amides is 2. The van der Waals surface area contributed by atoms with E-state index in [1.54, 1.807) is 62.1 Å². The van der Waals surface area contributed by atoms with Gasteiger partial charge in [-0.05, 0) is 44.2 Å². The first kappa shape index (κ1) is 18.9. The highest BCUT2D eigenvalue weighted by Gasteiger charge is 2.26. The van der Waals surface area contributed by atoms with E-state index in [2.05, 4.69) is 15.4 Å². The minimum atomic E-state index is -0.285. The SMILES string of the molecule is Cc1nn(CC(=O)Nc2ccc3c(c2)C(=O)N(C)c2cccnc2O3)c(C)c1Cl. The largest absolute Gasteiger partial charge is 0.436 e. The molecule has 0 radical (unpaired) electrons. The first-order chi connectivity index (χ1) is 13.8. The molecular formula is C20H18ClN5O3. The molecule has 0 bridgehead atoms. The molecule has 148 valence electrons. The molecule has 0 saturated carbocycles. The van der Waals surface area contributed by atoms with Crippen molar-refractivity contribution in [2.75, 3.05) is 17.3 Å². The molecule has 1 aromatic carbocycles. The number of nitrogens with zero attached hydrogens (tertiary/aromatic N) is 4. The number of halogens is 1. The molecule has 29 heavy (non-hydrogen) atoms. The van der Waals surface area contributed by atoms with Crippen molar-refractivity contribution in [2.45, 2.75) is 20.4 Å². The van der Waals surface area contributed by atoms with Gasteiger partial charge in [-0.1, -0.05) is 11.6 Å². The Kier molecular flexibility index (Phi) is 4.71. The Morgan fingerprint density at radius 2 is 2.07 bits per heavy atom. The lowest BCUT2D eigenvalue weighted by Crippen LogP contribution is -2.25. The van der Waals surface area contributed by atoms with Crippen molar-refractivity contribution < 1.29 is 14.3 Å². The van der Waals surface area contributed by atoms with E-state index in [-0.39, 0.29) is 18.4 Å². The van der Waals surface area contributed by atoms with Gasteiger partial charge in [0.25, 0.3) is 5.91 Å². The van der Waals surface area contributed by atoms with Gasteiger partial charge in [-0.2, -0.15) is 5.10 Å². The third-order valence-electron chi connectivity index (χ3n) is 4.70. The molecule has 0 spiro atoms. The smallest absolute Gasteiger partial charge is 0.262 e.